The fourth-order valence-electron chi connectivity index (χ4n) is 3.11. The summed E-state index contributed by atoms with van der Waals surface area (Å²) in [5, 5.41) is 7.02. The zero-order chi connectivity index (χ0) is 20.3. The Morgan fingerprint density at radius 2 is 1.68 bits per heavy atom. The molecule has 0 unspecified atom stereocenters. The maximum atomic E-state index is 12.6. The average Bonchev–Trinajstić information content (AvgIpc) is 3.29. The highest BCUT2D eigenvalue weighted by molar-refractivity contribution is 7.14. The molecule has 0 saturated carbocycles. The minimum Gasteiger partial charge on any atom is -0.497 e. The predicted octanol–water partition coefficient (Wildman–Crippen LogP) is 5.06. The second-order valence-corrected chi connectivity index (χ2v) is 7.72. The van der Waals surface area contributed by atoms with Gasteiger partial charge in [-0.25, -0.2) is 4.79 Å². The van der Waals surface area contributed by atoms with E-state index in [9.17, 15) is 4.79 Å². The number of ether oxygens (including phenoxy) is 2. The van der Waals surface area contributed by atoms with Gasteiger partial charge >= 0.3 is 6.03 Å². The molecule has 1 aromatic carbocycles. The Bertz CT molecular complexity index is 941. The summed E-state index contributed by atoms with van der Waals surface area (Å²) in [7, 11) is 3.15. The number of anilines is 1. The maximum absolute atomic E-state index is 12.6. The smallest absolute Gasteiger partial charge is 0.319 e. The number of carbonyl (C=O) groups is 1. The standard InChI is InChI=1S/C21H25N3O3S/c1-13-15(3)28-20(24-8-6-7-9-24)19(13)14(2)22-21(25)23-16-10-17(26-4)12-18(11-16)27-5/h6-12,14H,1-5H3,(H2,22,23,25)/t14-/m0/s1. The molecule has 1 atom stereocenters. The summed E-state index contributed by atoms with van der Waals surface area (Å²) < 4.78 is 12.6. The van der Waals surface area contributed by atoms with Gasteiger partial charge in [-0.2, -0.15) is 0 Å². The van der Waals surface area contributed by atoms with Gasteiger partial charge in [-0.3, -0.25) is 0 Å². The normalized spacial score (nSPS) is 11.8. The van der Waals surface area contributed by atoms with Gasteiger partial charge in [-0.1, -0.05) is 0 Å². The van der Waals surface area contributed by atoms with Crippen molar-refractivity contribution in [2.75, 3.05) is 19.5 Å². The molecule has 28 heavy (non-hydrogen) atoms. The number of aromatic nitrogens is 1. The molecule has 0 aliphatic carbocycles. The second kappa shape index (κ2) is 8.39. The van der Waals surface area contributed by atoms with Crippen molar-refractivity contribution in [1.82, 2.24) is 9.88 Å². The zero-order valence-electron chi connectivity index (χ0n) is 16.7. The Balaban J connectivity index is 1.79. The van der Waals surface area contributed by atoms with Crippen LogP contribution in [-0.2, 0) is 0 Å². The number of benzene rings is 1. The van der Waals surface area contributed by atoms with Crippen molar-refractivity contribution in [2.24, 2.45) is 0 Å². The molecule has 0 radical (unpaired) electrons. The first kappa shape index (κ1) is 19.8. The first-order valence-electron chi connectivity index (χ1n) is 8.96. The third-order valence-electron chi connectivity index (χ3n) is 4.64. The van der Waals surface area contributed by atoms with Gasteiger partial charge in [0.25, 0.3) is 0 Å². The number of hydrogen-bond donors (Lipinski definition) is 2. The Labute approximate surface area is 169 Å². The van der Waals surface area contributed by atoms with Crippen LogP contribution in [0.4, 0.5) is 10.5 Å². The van der Waals surface area contributed by atoms with E-state index in [2.05, 4.69) is 29.0 Å². The predicted molar refractivity (Wildman–Crippen MR) is 113 cm³/mol. The highest BCUT2D eigenvalue weighted by Crippen LogP contribution is 2.35. The van der Waals surface area contributed by atoms with Crippen LogP contribution in [0.1, 0.15) is 29.0 Å². The van der Waals surface area contributed by atoms with E-state index in [4.69, 9.17) is 9.47 Å². The number of amides is 2. The summed E-state index contributed by atoms with van der Waals surface area (Å²) >= 11 is 1.73. The lowest BCUT2D eigenvalue weighted by Crippen LogP contribution is -2.31. The number of nitrogens with one attached hydrogen (secondary N) is 2. The molecule has 3 rings (SSSR count). The van der Waals surface area contributed by atoms with E-state index in [1.807, 2.05) is 31.5 Å². The second-order valence-electron chi connectivity index (χ2n) is 6.51. The van der Waals surface area contributed by atoms with Crippen molar-refractivity contribution in [3.8, 4) is 16.5 Å². The average molecular weight is 400 g/mol. The van der Waals surface area contributed by atoms with Crippen LogP contribution in [0.2, 0.25) is 0 Å². The maximum Gasteiger partial charge on any atom is 0.319 e. The molecule has 3 aromatic rings. The van der Waals surface area contributed by atoms with E-state index in [0.29, 0.717) is 17.2 Å². The SMILES string of the molecule is COc1cc(NC(=O)N[C@@H](C)c2c(-n3cccc3)sc(C)c2C)cc(OC)c1. The first-order valence-corrected chi connectivity index (χ1v) is 9.78. The summed E-state index contributed by atoms with van der Waals surface area (Å²) in [4.78, 5) is 13.8. The highest BCUT2D eigenvalue weighted by atomic mass is 32.1. The molecule has 148 valence electrons. The Hall–Kier alpha value is -2.93. The highest BCUT2D eigenvalue weighted by Gasteiger charge is 2.21. The van der Waals surface area contributed by atoms with Gasteiger partial charge in [0.05, 0.1) is 20.3 Å². The molecule has 7 heteroatoms. The van der Waals surface area contributed by atoms with Crippen LogP contribution in [0.15, 0.2) is 42.7 Å². The lowest BCUT2D eigenvalue weighted by atomic mass is 10.1. The van der Waals surface area contributed by atoms with E-state index in [1.165, 1.54) is 10.4 Å². The van der Waals surface area contributed by atoms with E-state index in [-0.39, 0.29) is 12.1 Å². The molecule has 0 saturated heterocycles. The molecule has 2 amide bonds. The van der Waals surface area contributed by atoms with E-state index >= 15 is 0 Å². The van der Waals surface area contributed by atoms with Gasteiger partial charge in [0.15, 0.2) is 0 Å². The van der Waals surface area contributed by atoms with E-state index in [0.717, 1.165) is 10.6 Å². The molecule has 0 bridgehead atoms. The van der Waals surface area contributed by atoms with Crippen molar-refractivity contribution in [3.63, 3.8) is 0 Å². The van der Waals surface area contributed by atoms with Crippen LogP contribution in [-0.4, -0.2) is 24.8 Å². The van der Waals surface area contributed by atoms with Crippen LogP contribution in [0.5, 0.6) is 11.5 Å². The largest absolute Gasteiger partial charge is 0.497 e. The van der Waals surface area contributed by atoms with Crippen molar-refractivity contribution in [1.29, 1.82) is 0 Å². The van der Waals surface area contributed by atoms with Gasteiger partial charge in [-0.15, -0.1) is 11.3 Å². The minimum atomic E-state index is -0.287. The fourth-order valence-corrected chi connectivity index (χ4v) is 4.33. The number of carbonyl (C=O) groups excluding carboxylic acids is 1. The molecule has 0 aliphatic heterocycles. The summed E-state index contributed by atoms with van der Waals surface area (Å²) in [5.74, 6) is 1.23. The zero-order valence-corrected chi connectivity index (χ0v) is 17.5. The monoisotopic (exact) mass is 399 g/mol. The Morgan fingerprint density at radius 3 is 2.25 bits per heavy atom. The quantitative estimate of drug-likeness (QED) is 0.609. The Kier molecular flexibility index (Phi) is 5.94. The molecular weight excluding hydrogens is 374 g/mol. The Morgan fingerprint density at radius 1 is 1.07 bits per heavy atom. The number of rotatable bonds is 6. The molecule has 0 fully saturated rings. The third-order valence-corrected chi connectivity index (χ3v) is 5.88. The van der Waals surface area contributed by atoms with Crippen LogP contribution in [0.25, 0.3) is 5.00 Å². The summed E-state index contributed by atoms with van der Waals surface area (Å²) in [6.07, 6.45) is 4.03. The molecule has 2 N–H and O–H groups in total. The number of nitrogens with zero attached hydrogens (tertiary/aromatic N) is 1. The summed E-state index contributed by atoms with van der Waals surface area (Å²) in [6, 6.07) is 8.80. The molecule has 0 spiro atoms. The van der Waals surface area contributed by atoms with Gasteiger partial charge in [-0.05, 0) is 38.5 Å². The van der Waals surface area contributed by atoms with Crippen molar-refractivity contribution in [3.05, 3.63) is 58.7 Å². The molecule has 2 aromatic heterocycles. The van der Waals surface area contributed by atoms with Gasteiger partial charge in [0, 0.05) is 46.7 Å². The minimum absolute atomic E-state index is 0.158. The lowest BCUT2D eigenvalue weighted by molar-refractivity contribution is 0.249. The molecular formula is C21H25N3O3S. The molecule has 2 heterocycles. The van der Waals surface area contributed by atoms with Crippen LogP contribution in [0.3, 0.4) is 0 Å². The topological polar surface area (TPSA) is 64.5 Å². The van der Waals surface area contributed by atoms with Crippen molar-refractivity contribution >= 4 is 23.1 Å². The van der Waals surface area contributed by atoms with E-state index < -0.39 is 0 Å². The lowest BCUT2D eigenvalue weighted by Gasteiger charge is -2.18. The fraction of sp³-hybridized carbons (Fsp3) is 0.286. The number of urea groups is 1. The van der Waals surface area contributed by atoms with Gasteiger partial charge in [0.2, 0.25) is 0 Å². The number of hydrogen-bond acceptors (Lipinski definition) is 4. The summed E-state index contributed by atoms with van der Waals surface area (Å²) in [5.41, 5.74) is 2.92. The first-order chi connectivity index (χ1) is 13.4. The van der Waals surface area contributed by atoms with Crippen molar-refractivity contribution in [2.45, 2.75) is 26.8 Å². The number of thiophene rings is 1. The van der Waals surface area contributed by atoms with E-state index in [1.54, 1.807) is 43.8 Å². The van der Waals surface area contributed by atoms with Gasteiger partial charge < -0.3 is 24.7 Å². The van der Waals surface area contributed by atoms with Gasteiger partial charge in [0.1, 0.15) is 16.5 Å². The third kappa shape index (κ3) is 4.14. The number of aryl methyl sites for hydroxylation is 1. The summed E-state index contributed by atoms with van der Waals surface area (Å²) in [6.45, 7) is 6.19. The number of methoxy groups -OCH3 is 2. The molecule has 6 nitrogen and oxygen atoms in total. The molecule has 0 aliphatic rings. The van der Waals surface area contributed by atoms with Crippen molar-refractivity contribution < 1.29 is 14.3 Å². The van der Waals surface area contributed by atoms with Crippen LogP contribution in [0, 0.1) is 13.8 Å². The van der Waals surface area contributed by atoms with Crippen LogP contribution >= 0.6 is 11.3 Å². The van der Waals surface area contributed by atoms with Crippen LogP contribution < -0.4 is 20.1 Å².